The highest BCUT2D eigenvalue weighted by molar-refractivity contribution is 5.83. The molecule has 0 amide bonds. The molecule has 0 saturated heterocycles. The Balaban J connectivity index is 2.38. The van der Waals surface area contributed by atoms with Gasteiger partial charge < -0.3 is 0 Å². The number of carbonyl (C=O) groups excluding carboxylic acids is 1. The molecule has 0 spiro atoms. The molecular weight excluding hydrogens is 364 g/mol. The van der Waals surface area contributed by atoms with Gasteiger partial charge in [-0.25, -0.2) is 0 Å². The van der Waals surface area contributed by atoms with E-state index in [1.807, 2.05) is 26.8 Å². The lowest BCUT2D eigenvalue weighted by Gasteiger charge is -2.34. The number of ketones is 1. The lowest BCUT2D eigenvalue weighted by Crippen LogP contribution is -2.26. The van der Waals surface area contributed by atoms with Crippen LogP contribution in [0, 0.1) is 19.3 Å². The Hall–Kier alpha value is -2.15. The molecule has 0 aliphatic rings. The van der Waals surface area contributed by atoms with Crippen LogP contribution in [-0.4, -0.2) is 5.78 Å². The van der Waals surface area contributed by atoms with E-state index >= 15 is 0 Å². The van der Waals surface area contributed by atoms with E-state index < -0.39 is 0 Å². The first-order valence-electron chi connectivity index (χ1n) is 11.4. The smallest absolute Gasteiger partial charge is 0.138 e. The Labute approximate surface area is 184 Å². The number of benzene rings is 2. The van der Waals surface area contributed by atoms with Crippen LogP contribution in [0.3, 0.4) is 0 Å². The van der Waals surface area contributed by atoms with Crippen LogP contribution in [0.25, 0.3) is 0 Å². The third-order valence-corrected chi connectivity index (χ3v) is 6.82. The molecule has 30 heavy (non-hydrogen) atoms. The van der Waals surface area contributed by atoms with Gasteiger partial charge in [0.25, 0.3) is 0 Å². The zero-order valence-electron chi connectivity index (χ0n) is 20.2. The number of carbonyl (C=O) groups is 1. The second-order valence-electron chi connectivity index (χ2n) is 9.74. The highest BCUT2D eigenvalue weighted by atomic mass is 16.1. The van der Waals surface area contributed by atoms with Crippen molar-refractivity contribution in [2.75, 3.05) is 0 Å². The first-order chi connectivity index (χ1) is 14.1. The summed E-state index contributed by atoms with van der Waals surface area (Å²) in [6.45, 7) is 18.9. The Bertz CT molecular complexity index is 891. The Morgan fingerprint density at radius 1 is 0.900 bits per heavy atom. The van der Waals surface area contributed by atoms with Crippen LogP contribution in [0.1, 0.15) is 87.3 Å². The topological polar surface area (TPSA) is 17.1 Å². The summed E-state index contributed by atoms with van der Waals surface area (Å²) in [6, 6.07) is 13.9. The van der Waals surface area contributed by atoms with E-state index in [2.05, 4.69) is 70.7 Å². The third-order valence-electron chi connectivity index (χ3n) is 6.82. The first kappa shape index (κ1) is 24.1. The van der Waals surface area contributed by atoms with E-state index in [-0.39, 0.29) is 10.8 Å². The first-order valence-corrected chi connectivity index (χ1v) is 11.4. The predicted octanol–water partition coefficient (Wildman–Crippen LogP) is 7.69. The summed E-state index contributed by atoms with van der Waals surface area (Å²) in [5.41, 5.74) is 7.80. The van der Waals surface area contributed by atoms with E-state index in [0.717, 1.165) is 25.7 Å². The number of aryl methyl sites for hydroxylation is 3. The Kier molecular flexibility index (Phi) is 7.86. The molecule has 2 aromatic carbocycles. The number of allylic oxidation sites excluding steroid dienone is 1. The van der Waals surface area contributed by atoms with E-state index in [1.54, 1.807) is 0 Å². The molecule has 0 aliphatic heterocycles. The van der Waals surface area contributed by atoms with Crippen LogP contribution in [0.15, 0.2) is 49.1 Å². The summed E-state index contributed by atoms with van der Waals surface area (Å²) in [6.07, 6.45) is 6.44. The average molecular weight is 405 g/mol. The second kappa shape index (κ2) is 9.77. The number of hydrogen-bond acceptors (Lipinski definition) is 1. The van der Waals surface area contributed by atoms with Crippen molar-refractivity contribution < 1.29 is 4.79 Å². The minimum Gasteiger partial charge on any atom is -0.299 e. The standard InChI is InChI=1S/C29H40O/c1-9-12-23-13-16-25(19-21(23)4)29(10-2,11-3)26-17-14-24(22(5)20-26)15-18-27(30)28(6,7)8/h9,13-14,16-17,19-20H,1,10-12,15,18H2,2-8H3. The molecule has 2 aromatic rings. The lowest BCUT2D eigenvalue weighted by molar-refractivity contribution is -0.126. The number of Topliss-reactive ketones (excluding diaryl/α,β-unsaturated/α-hetero) is 1. The maximum Gasteiger partial charge on any atom is 0.138 e. The quantitative estimate of drug-likeness (QED) is 0.392. The fourth-order valence-electron chi connectivity index (χ4n) is 4.51. The molecule has 0 saturated carbocycles. The molecule has 0 heterocycles. The van der Waals surface area contributed by atoms with Gasteiger partial charge in [0.2, 0.25) is 0 Å². The molecule has 0 atom stereocenters. The van der Waals surface area contributed by atoms with Crippen molar-refractivity contribution in [1.82, 2.24) is 0 Å². The minimum absolute atomic E-state index is 0.0159. The summed E-state index contributed by atoms with van der Waals surface area (Å²) in [7, 11) is 0. The Morgan fingerprint density at radius 3 is 1.80 bits per heavy atom. The molecule has 0 aliphatic carbocycles. The van der Waals surface area contributed by atoms with E-state index in [4.69, 9.17) is 0 Å². The second-order valence-corrected chi connectivity index (χ2v) is 9.74. The molecule has 2 rings (SSSR count). The summed E-state index contributed by atoms with van der Waals surface area (Å²) >= 11 is 0. The summed E-state index contributed by atoms with van der Waals surface area (Å²) in [5.74, 6) is 0.331. The molecular formula is C29H40O. The zero-order chi connectivity index (χ0) is 22.5. The molecule has 1 nitrogen and oxygen atoms in total. The van der Waals surface area contributed by atoms with Gasteiger partial charge in [-0.2, -0.15) is 0 Å². The summed E-state index contributed by atoms with van der Waals surface area (Å²) in [5, 5.41) is 0. The van der Waals surface area contributed by atoms with Gasteiger partial charge in [-0.1, -0.05) is 77.1 Å². The van der Waals surface area contributed by atoms with Crippen LogP contribution in [0.2, 0.25) is 0 Å². The largest absolute Gasteiger partial charge is 0.299 e. The average Bonchev–Trinajstić information content (AvgIpc) is 2.69. The predicted molar refractivity (Wildman–Crippen MR) is 130 cm³/mol. The molecule has 0 aromatic heterocycles. The van der Waals surface area contributed by atoms with Gasteiger partial charge in [0.15, 0.2) is 0 Å². The van der Waals surface area contributed by atoms with Crippen LogP contribution in [0.4, 0.5) is 0 Å². The van der Waals surface area contributed by atoms with Crippen molar-refractivity contribution in [3.63, 3.8) is 0 Å². The Morgan fingerprint density at radius 2 is 1.40 bits per heavy atom. The summed E-state index contributed by atoms with van der Waals surface area (Å²) < 4.78 is 0. The molecule has 0 radical (unpaired) electrons. The number of hydrogen-bond donors (Lipinski definition) is 0. The monoisotopic (exact) mass is 404 g/mol. The van der Waals surface area contributed by atoms with Gasteiger partial charge >= 0.3 is 0 Å². The molecule has 162 valence electrons. The third kappa shape index (κ3) is 5.12. The molecule has 0 bridgehead atoms. The number of rotatable bonds is 9. The van der Waals surface area contributed by atoms with Crippen molar-refractivity contribution >= 4 is 5.78 Å². The van der Waals surface area contributed by atoms with Gasteiger partial charge in [-0.05, 0) is 72.9 Å². The van der Waals surface area contributed by atoms with Gasteiger partial charge in [-0.15, -0.1) is 6.58 Å². The molecule has 1 heteroatoms. The van der Waals surface area contributed by atoms with Gasteiger partial charge in [0, 0.05) is 17.3 Å². The van der Waals surface area contributed by atoms with Crippen molar-refractivity contribution in [3.05, 3.63) is 82.4 Å². The van der Waals surface area contributed by atoms with Crippen molar-refractivity contribution in [2.24, 2.45) is 5.41 Å². The van der Waals surface area contributed by atoms with Crippen molar-refractivity contribution in [3.8, 4) is 0 Å². The van der Waals surface area contributed by atoms with Gasteiger partial charge in [0.05, 0.1) is 0 Å². The van der Waals surface area contributed by atoms with Crippen molar-refractivity contribution in [1.29, 1.82) is 0 Å². The fraction of sp³-hybridized carbons (Fsp3) is 0.483. The minimum atomic E-state index is -0.261. The maximum absolute atomic E-state index is 12.4. The highest BCUT2D eigenvalue weighted by Crippen LogP contribution is 2.40. The fourth-order valence-corrected chi connectivity index (χ4v) is 4.51. The molecule has 0 fully saturated rings. The maximum atomic E-state index is 12.4. The lowest BCUT2D eigenvalue weighted by atomic mass is 9.69. The van der Waals surface area contributed by atoms with Gasteiger partial charge in [0.1, 0.15) is 5.78 Å². The van der Waals surface area contributed by atoms with Crippen LogP contribution >= 0.6 is 0 Å². The van der Waals surface area contributed by atoms with Crippen LogP contribution in [0.5, 0.6) is 0 Å². The van der Waals surface area contributed by atoms with E-state index in [0.29, 0.717) is 12.2 Å². The van der Waals surface area contributed by atoms with Crippen molar-refractivity contribution in [2.45, 2.75) is 86.0 Å². The highest BCUT2D eigenvalue weighted by Gasteiger charge is 2.31. The zero-order valence-corrected chi connectivity index (χ0v) is 20.2. The molecule has 0 N–H and O–H groups in total. The normalized spacial score (nSPS) is 12.1. The summed E-state index contributed by atoms with van der Waals surface area (Å²) in [4.78, 5) is 12.4. The molecule has 0 unspecified atom stereocenters. The van der Waals surface area contributed by atoms with Crippen LogP contribution < -0.4 is 0 Å². The SMILES string of the molecule is C=CCc1ccc(C(CC)(CC)c2ccc(CCC(=O)C(C)(C)C)c(C)c2)cc1C. The van der Waals surface area contributed by atoms with Gasteiger partial charge in [-0.3, -0.25) is 4.79 Å². The van der Waals surface area contributed by atoms with Crippen LogP contribution in [-0.2, 0) is 23.1 Å². The van der Waals surface area contributed by atoms with E-state index in [1.165, 1.54) is 33.4 Å². The van der Waals surface area contributed by atoms with E-state index in [9.17, 15) is 4.79 Å².